The zero-order valence-electron chi connectivity index (χ0n) is 11.3. The van der Waals surface area contributed by atoms with Crippen LogP contribution < -0.4 is 16.2 Å². The van der Waals surface area contributed by atoms with Crippen molar-refractivity contribution in [3.63, 3.8) is 0 Å². The fourth-order valence-corrected chi connectivity index (χ4v) is 2.37. The second kappa shape index (κ2) is 6.00. The highest BCUT2D eigenvalue weighted by atomic mass is 15.3. The van der Waals surface area contributed by atoms with Crippen molar-refractivity contribution in [1.29, 1.82) is 0 Å². The third kappa shape index (κ3) is 3.10. The van der Waals surface area contributed by atoms with Gasteiger partial charge in [0.1, 0.15) is 17.5 Å². The third-order valence-corrected chi connectivity index (χ3v) is 3.56. The van der Waals surface area contributed by atoms with E-state index in [-0.39, 0.29) is 0 Å². The summed E-state index contributed by atoms with van der Waals surface area (Å²) in [5, 5.41) is 0. The van der Waals surface area contributed by atoms with Gasteiger partial charge in [0, 0.05) is 25.6 Å². The Labute approximate surface area is 109 Å². The van der Waals surface area contributed by atoms with E-state index in [0.717, 1.165) is 37.1 Å². The summed E-state index contributed by atoms with van der Waals surface area (Å²) in [6.45, 7) is 6.54. The maximum absolute atomic E-state index is 5.47. The molecule has 1 atom stereocenters. The first-order valence-electron chi connectivity index (χ1n) is 6.82. The van der Waals surface area contributed by atoms with E-state index in [2.05, 4.69) is 34.1 Å². The minimum atomic E-state index is 0.703. The molecule has 1 aromatic rings. The molecule has 1 unspecified atom stereocenters. The van der Waals surface area contributed by atoms with Crippen LogP contribution in [0.2, 0.25) is 0 Å². The average Bonchev–Trinajstić information content (AvgIpc) is 2.63. The topological polar surface area (TPSA) is 67.1 Å². The van der Waals surface area contributed by atoms with Crippen LogP contribution in [0.15, 0.2) is 6.07 Å². The van der Waals surface area contributed by atoms with Crippen molar-refractivity contribution in [2.75, 3.05) is 23.4 Å². The van der Waals surface area contributed by atoms with Crippen LogP contribution in [0.4, 0.5) is 11.6 Å². The van der Waals surface area contributed by atoms with Crippen molar-refractivity contribution in [2.45, 2.75) is 39.5 Å². The Morgan fingerprint density at radius 3 is 2.94 bits per heavy atom. The number of nitrogens with zero attached hydrogens (tertiary/aromatic N) is 3. The first-order chi connectivity index (χ1) is 8.72. The number of rotatable bonds is 3. The molecule has 1 fully saturated rings. The predicted octanol–water partition coefficient (Wildman–Crippen LogP) is 1.95. The average molecular weight is 249 g/mol. The number of nitrogens with one attached hydrogen (secondary N) is 1. The molecule has 2 rings (SSSR count). The fourth-order valence-electron chi connectivity index (χ4n) is 2.37. The Hall–Kier alpha value is -1.36. The van der Waals surface area contributed by atoms with Crippen LogP contribution in [-0.2, 0) is 6.42 Å². The van der Waals surface area contributed by atoms with Gasteiger partial charge in [-0.3, -0.25) is 0 Å². The summed E-state index contributed by atoms with van der Waals surface area (Å²) in [5.74, 6) is 8.83. The van der Waals surface area contributed by atoms with E-state index < -0.39 is 0 Å². The van der Waals surface area contributed by atoms with Crippen LogP contribution >= 0.6 is 0 Å². The molecule has 0 bridgehead atoms. The molecule has 2 heterocycles. The fraction of sp³-hybridized carbons (Fsp3) is 0.692. The van der Waals surface area contributed by atoms with E-state index in [1.54, 1.807) is 0 Å². The van der Waals surface area contributed by atoms with Crippen LogP contribution in [0.3, 0.4) is 0 Å². The lowest BCUT2D eigenvalue weighted by Crippen LogP contribution is -2.26. The normalized spacial score (nSPS) is 20.6. The van der Waals surface area contributed by atoms with E-state index in [9.17, 15) is 0 Å². The van der Waals surface area contributed by atoms with E-state index in [1.165, 1.54) is 19.3 Å². The zero-order chi connectivity index (χ0) is 13.0. The molecule has 100 valence electrons. The van der Waals surface area contributed by atoms with Gasteiger partial charge in [-0.2, -0.15) is 0 Å². The van der Waals surface area contributed by atoms with Crippen molar-refractivity contribution in [1.82, 2.24) is 9.97 Å². The number of anilines is 2. The molecule has 1 aliphatic rings. The molecule has 0 radical (unpaired) electrons. The lowest BCUT2D eigenvalue weighted by Gasteiger charge is -2.22. The number of hydrogen-bond donors (Lipinski definition) is 2. The highest BCUT2D eigenvalue weighted by Crippen LogP contribution is 2.22. The monoisotopic (exact) mass is 249 g/mol. The van der Waals surface area contributed by atoms with Crippen molar-refractivity contribution in [3.05, 3.63) is 11.9 Å². The summed E-state index contributed by atoms with van der Waals surface area (Å²) in [4.78, 5) is 11.3. The van der Waals surface area contributed by atoms with E-state index in [1.807, 2.05) is 6.07 Å². The van der Waals surface area contributed by atoms with Gasteiger partial charge in [-0.05, 0) is 25.2 Å². The number of hydrogen-bond acceptors (Lipinski definition) is 5. The lowest BCUT2D eigenvalue weighted by molar-refractivity contribution is 0.521. The Bertz CT molecular complexity index is 371. The number of aromatic nitrogens is 2. The van der Waals surface area contributed by atoms with Crippen molar-refractivity contribution >= 4 is 11.6 Å². The maximum atomic E-state index is 5.47. The minimum absolute atomic E-state index is 0.703. The standard InChI is InChI=1S/C13H23N5/c1-3-11-15-12(17-14)9-13(16-11)18-7-4-5-10(2)6-8-18/h9-10H,3-8,14H2,1-2H3,(H,15,16,17). The highest BCUT2D eigenvalue weighted by molar-refractivity contribution is 5.49. The van der Waals surface area contributed by atoms with Crippen LogP contribution in [-0.4, -0.2) is 23.1 Å². The number of nitrogens with two attached hydrogens (primary N) is 1. The molecule has 0 aromatic carbocycles. The summed E-state index contributed by atoms with van der Waals surface area (Å²) >= 11 is 0. The first-order valence-corrected chi connectivity index (χ1v) is 6.82. The number of aryl methyl sites for hydroxylation is 1. The van der Waals surface area contributed by atoms with Crippen molar-refractivity contribution < 1.29 is 0 Å². The molecule has 1 aromatic heterocycles. The Balaban J connectivity index is 2.20. The van der Waals surface area contributed by atoms with E-state index >= 15 is 0 Å². The van der Waals surface area contributed by atoms with Crippen LogP contribution in [0.1, 0.15) is 38.9 Å². The molecule has 0 amide bonds. The predicted molar refractivity (Wildman–Crippen MR) is 74.4 cm³/mol. The third-order valence-electron chi connectivity index (χ3n) is 3.56. The largest absolute Gasteiger partial charge is 0.356 e. The Morgan fingerprint density at radius 2 is 2.22 bits per heavy atom. The summed E-state index contributed by atoms with van der Waals surface area (Å²) < 4.78 is 0. The second-order valence-corrected chi connectivity index (χ2v) is 5.05. The van der Waals surface area contributed by atoms with Gasteiger partial charge in [-0.1, -0.05) is 13.8 Å². The smallest absolute Gasteiger partial charge is 0.145 e. The summed E-state index contributed by atoms with van der Waals surface area (Å²) in [6.07, 6.45) is 4.60. The molecule has 5 nitrogen and oxygen atoms in total. The summed E-state index contributed by atoms with van der Waals surface area (Å²) in [6, 6.07) is 1.94. The molecule has 0 aliphatic carbocycles. The quantitative estimate of drug-likeness (QED) is 0.633. The molecular weight excluding hydrogens is 226 g/mol. The number of hydrazine groups is 1. The van der Waals surface area contributed by atoms with Gasteiger partial charge in [0.15, 0.2) is 0 Å². The van der Waals surface area contributed by atoms with E-state index in [0.29, 0.717) is 5.82 Å². The second-order valence-electron chi connectivity index (χ2n) is 5.05. The van der Waals surface area contributed by atoms with Crippen LogP contribution in [0.5, 0.6) is 0 Å². The molecule has 0 saturated carbocycles. The highest BCUT2D eigenvalue weighted by Gasteiger charge is 2.16. The molecule has 1 saturated heterocycles. The Kier molecular flexibility index (Phi) is 4.36. The SMILES string of the molecule is CCc1nc(NN)cc(N2CCCC(C)CC2)n1. The van der Waals surface area contributed by atoms with Crippen molar-refractivity contribution in [2.24, 2.45) is 11.8 Å². The van der Waals surface area contributed by atoms with Gasteiger partial charge in [-0.15, -0.1) is 0 Å². The molecule has 5 heteroatoms. The van der Waals surface area contributed by atoms with Gasteiger partial charge in [0.05, 0.1) is 0 Å². The van der Waals surface area contributed by atoms with Gasteiger partial charge in [0.2, 0.25) is 0 Å². The molecule has 0 spiro atoms. The number of nitrogen functional groups attached to an aromatic ring is 1. The molecular formula is C13H23N5. The summed E-state index contributed by atoms with van der Waals surface area (Å²) in [7, 11) is 0. The minimum Gasteiger partial charge on any atom is -0.356 e. The van der Waals surface area contributed by atoms with E-state index in [4.69, 9.17) is 5.84 Å². The van der Waals surface area contributed by atoms with Crippen molar-refractivity contribution in [3.8, 4) is 0 Å². The molecule has 1 aliphatic heterocycles. The lowest BCUT2D eigenvalue weighted by atomic mass is 10.0. The molecule has 3 N–H and O–H groups in total. The summed E-state index contributed by atoms with van der Waals surface area (Å²) in [5.41, 5.74) is 2.63. The van der Waals surface area contributed by atoms with Gasteiger partial charge >= 0.3 is 0 Å². The van der Waals surface area contributed by atoms with Gasteiger partial charge in [-0.25, -0.2) is 15.8 Å². The first kappa shape index (κ1) is 13.1. The van der Waals surface area contributed by atoms with Gasteiger partial charge < -0.3 is 10.3 Å². The Morgan fingerprint density at radius 1 is 1.39 bits per heavy atom. The maximum Gasteiger partial charge on any atom is 0.145 e. The molecule has 18 heavy (non-hydrogen) atoms. The van der Waals surface area contributed by atoms with Crippen LogP contribution in [0, 0.1) is 5.92 Å². The zero-order valence-corrected chi connectivity index (χ0v) is 11.3. The van der Waals surface area contributed by atoms with Gasteiger partial charge in [0.25, 0.3) is 0 Å². The van der Waals surface area contributed by atoms with Crippen LogP contribution in [0.25, 0.3) is 0 Å².